The summed E-state index contributed by atoms with van der Waals surface area (Å²) in [4.78, 5) is 10.6. The SMILES string of the molecule is c1ccc(C2(c3ccccc3)c3ccccc3-c3cc(-c4cc(-c5ccc(-c6ccc7c(c6)sc6ccccc67)cc5)nc(-c5ccc6ccccc6c5)n4)ccc32)cc1. The number of hydrogen-bond donors (Lipinski definition) is 0. The Morgan fingerprint density at radius 3 is 1.72 bits per heavy atom. The van der Waals surface area contributed by atoms with E-state index in [4.69, 9.17) is 9.97 Å². The van der Waals surface area contributed by atoms with Crippen molar-refractivity contribution in [2.45, 2.75) is 5.41 Å². The highest BCUT2D eigenvalue weighted by Gasteiger charge is 2.46. The Morgan fingerprint density at radius 2 is 0.917 bits per heavy atom. The number of aromatic nitrogens is 2. The molecule has 0 aliphatic heterocycles. The van der Waals surface area contributed by atoms with E-state index in [2.05, 4.69) is 218 Å². The van der Waals surface area contributed by atoms with E-state index in [9.17, 15) is 0 Å². The summed E-state index contributed by atoms with van der Waals surface area (Å²) in [5, 5.41) is 4.99. The summed E-state index contributed by atoms with van der Waals surface area (Å²) in [5.74, 6) is 0.705. The summed E-state index contributed by atoms with van der Waals surface area (Å²) in [6.45, 7) is 0. The number of fused-ring (bicyclic) bond motifs is 7. The summed E-state index contributed by atoms with van der Waals surface area (Å²) in [6.07, 6.45) is 0. The molecular weight excluding hydrogens is 745 g/mol. The third kappa shape index (κ3) is 5.47. The quantitative estimate of drug-likeness (QED) is 0.168. The lowest BCUT2D eigenvalue weighted by Gasteiger charge is -2.33. The molecule has 0 saturated heterocycles. The van der Waals surface area contributed by atoms with Gasteiger partial charge in [-0.25, -0.2) is 9.97 Å². The van der Waals surface area contributed by atoms with Crippen LogP contribution in [0.3, 0.4) is 0 Å². The molecule has 0 atom stereocenters. The molecule has 0 bridgehead atoms. The van der Waals surface area contributed by atoms with E-state index >= 15 is 0 Å². The van der Waals surface area contributed by atoms with Crippen molar-refractivity contribution >= 4 is 42.3 Å². The van der Waals surface area contributed by atoms with E-state index in [-0.39, 0.29) is 0 Å². The van der Waals surface area contributed by atoms with Gasteiger partial charge in [-0.3, -0.25) is 0 Å². The van der Waals surface area contributed by atoms with Crippen molar-refractivity contribution in [3.8, 4) is 56.2 Å². The second kappa shape index (κ2) is 13.8. The van der Waals surface area contributed by atoms with Crippen molar-refractivity contribution in [2.24, 2.45) is 0 Å². The number of hydrogen-bond acceptors (Lipinski definition) is 3. The molecule has 1 aliphatic rings. The Balaban J connectivity index is 1.01. The van der Waals surface area contributed by atoms with Crippen LogP contribution in [0.15, 0.2) is 218 Å². The monoisotopic (exact) mass is 780 g/mol. The van der Waals surface area contributed by atoms with E-state index in [1.807, 2.05) is 11.3 Å². The van der Waals surface area contributed by atoms with Crippen LogP contribution in [0.1, 0.15) is 22.3 Å². The maximum absolute atomic E-state index is 5.34. The molecule has 0 N–H and O–H groups in total. The predicted octanol–water partition coefficient (Wildman–Crippen LogP) is 15.0. The second-order valence-corrected chi connectivity index (χ2v) is 16.8. The molecule has 2 heterocycles. The zero-order valence-electron chi connectivity index (χ0n) is 32.6. The van der Waals surface area contributed by atoms with E-state index in [1.165, 1.54) is 70.1 Å². The molecular formula is C57H36N2S. The average Bonchev–Trinajstić information content (AvgIpc) is 3.85. The minimum atomic E-state index is -0.455. The average molecular weight is 781 g/mol. The first-order valence-electron chi connectivity index (χ1n) is 20.5. The van der Waals surface area contributed by atoms with Crippen LogP contribution in [0, 0.1) is 0 Å². The van der Waals surface area contributed by atoms with Crippen LogP contribution in [-0.4, -0.2) is 9.97 Å². The van der Waals surface area contributed by atoms with Gasteiger partial charge in [0.2, 0.25) is 0 Å². The molecule has 60 heavy (non-hydrogen) atoms. The van der Waals surface area contributed by atoms with Crippen LogP contribution >= 0.6 is 11.3 Å². The van der Waals surface area contributed by atoms with E-state index in [1.54, 1.807) is 0 Å². The van der Waals surface area contributed by atoms with E-state index < -0.39 is 5.41 Å². The zero-order valence-corrected chi connectivity index (χ0v) is 33.4. The third-order valence-electron chi connectivity index (χ3n) is 12.4. The summed E-state index contributed by atoms with van der Waals surface area (Å²) >= 11 is 1.85. The molecule has 0 amide bonds. The summed E-state index contributed by atoms with van der Waals surface area (Å²) in [5.41, 5.74) is 14.4. The smallest absolute Gasteiger partial charge is 0.160 e. The van der Waals surface area contributed by atoms with E-state index in [0.717, 1.165) is 33.5 Å². The Morgan fingerprint density at radius 1 is 0.333 bits per heavy atom. The van der Waals surface area contributed by atoms with Gasteiger partial charge in [-0.1, -0.05) is 188 Å². The van der Waals surface area contributed by atoms with Crippen molar-refractivity contribution in [1.82, 2.24) is 9.97 Å². The Kier molecular flexibility index (Phi) is 7.97. The lowest BCUT2D eigenvalue weighted by Crippen LogP contribution is -2.28. The first kappa shape index (κ1) is 34.6. The van der Waals surface area contributed by atoms with Crippen molar-refractivity contribution in [3.05, 3.63) is 241 Å². The fourth-order valence-electron chi connectivity index (χ4n) is 9.55. The van der Waals surface area contributed by atoms with Gasteiger partial charge < -0.3 is 0 Å². The van der Waals surface area contributed by atoms with Crippen LogP contribution in [0.4, 0.5) is 0 Å². The fourth-order valence-corrected chi connectivity index (χ4v) is 10.7. The molecule has 0 spiro atoms. The lowest BCUT2D eigenvalue weighted by molar-refractivity contribution is 0.768. The first-order chi connectivity index (χ1) is 29.7. The van der Waals surface area contributed by atoms with Crippen LogP contribution in [0.25, 0.3) is 87.1 Å². The van der Waals surface area contributed by atoms with Crippen molar-refractivity contribution in [1.29, 1.82) is 0 Å². The largest absolute Gasteiger partial charge is 0.228 e. The summed E-state index contributed by atoms with van der Waals surface area (Å²) < 4.78 is 2.63. The standard InChI is InChI=1S/C57H36N2S/c1-3-15-44(16-4-1)57(45-17-5-2-6-18-45)50-21-11-9-19-46(50)49-34-42(30-32-51(49)57)53-36-52(58-56(59-53)43-28-25-37-13-7-8-14-40(37)33-43)39-26-23-38(24-27-39)41-29-31-48-47-20-10-12-22-54(47)60-55(48)35-41/h1-36H. The van der Waals surface area contributed by atoms with Crippen LogP contribution in [0.5, 0.6) is 0 Å². The maximum atomic E-state index is 5.34. The van der Waals surface area contributed by atoms with Gasteiger partial charge >= 0.3 is 0 Å². The number of rotatable bonds is 6. The number of benzene rings is 9. The molecule has 12 rings (SSSR count). The second-order valence-electron chi connectivity index (χ2n) is 15.7. The van der Waals surface area contributed by atoms with Crippen molar-refractivity contribution in [3.63, 3.8) is 0 Å². The van der Waals surface area contributed by atoms with Gasteiger partial charge in [0.05, 0.1) is 16.8 Å². The third-order valence-corrected chi connectivity index (χ3v) is 13.5. The van der Waals surface area contributed by atoms with Crippen LogP contribution < -0.4 is 0 Å². The minimum absolute atomic E-state index is 0.455. The van der Waals surface area contributed by atoms with Gasteiger partial charge in [-0.05, 0) is 85.6 Å². The van der Waals surface area contributed by atoms with Crippen LogP contribution in [-0.2, 0) is 5.41 Å². The van der Waals surface area contributed by atoms with E-state index in [0.29, 0.717) is 5.82 Å². The van der Waals surface area contributed by atoms with Gasteiger partial charge in [0.1, 0.15) is 0 Å². The number of thiophene rings is 1. The lowest BCUT2D eigenvalue weighted by atomic mass is 9.67. The van der Waals surface area contributed by atoms with Gasteiger partial charge in [0, 0.05) is 36.9 Å². The first-order valence-corrected chi connectivity index (χ1v) is 21.3. The molecule has 3 heteroatoms. The highest BCUT2D eigenvalue weighted by Crippen LogP contribution is 2.56. The molecule has 11 aromatic rings. The molecule has 0 fully saturated rings. The normalized spacial score (nSPS) is 12.8. The van der Waals surface area contributed by atoms with Crippen LogP contribution in [0.2, 0.25) is 0 Å². The molecule has 0 saturated carbocycles. The fraction of sp³-hybridized carbons (Fsp3) is 0.0175. The van der Waals surface area contributed by atoms with Gasteiger partial charge in [-0.15, -0.1) is 11.3 Å². The minimum Gasteiger partial charge on any atom is -0.228 e. The molecule has 2 nitrogen and oxygen atoms in total. The Labute approximate surface area is 352 Å². The molecule has 280 valence electrons. The Hall–Kier alpha value is -7.46. The van der Waals surface area contributed by atoms with Gasteiger partial charge in [0.15, 0.2) is 5.82 Å². The predicted molar refractivity (Wildman–Crippen MR) is 251 cm³/mol. The highest BCUT2D eigenvalue weighted by atomic mass is 32.1. The molecule has 9 aromatic carbocycles. The van der Waals surface area contributed by atoms with Gasteiger partial charge in [-0.2, -0.15) is 0 Å². The molecule has 0 unspecified atom stereocenters. The van der Waals surface area contributed by atoms with Crippen molar-refractivity contribution < 1.29 is 0 Å². The number of nitrogens with zero attached hydrogens (tertiary/aromatic N) is 2. The highest BCUT2D eigenvalue weighted by molar-refractivity contribution is 7.25. The summed E-state index contributed by atoms with van der Waals surface area (Å²) in [6, 6.07) is 79.3. The maximum Gasteiger partial charge on any atom is 0.160 e. The molecule has 1 aliphatic carbocycles. The van der Waals surface area contributed by atoms with Crippen molar-refractivity contribution in [2.75, 3.05) is 0 Å². The Bertz CT molecular complexity index is 3380. The topological polar surface area (TPSA) is 25.8 Å². The molecule has 0 radical (unpaired) electrons. The zero-order chi connectivity index (χ0) is 39.6. The molecule has 2 aromatic heterocycles. The van der Waals surface area contributed by atoms with Gasteiger partial charge in [0.25, 0.3) is 0 Å². The summed E-state index contributed by atoms with van der Waals surface area (Å²) in [7, 11) is 0.